The molecule has 0 saturated heterocycles. The van der Waals surface area contributed by atoms with Crippen LogP contribution in [0.15, 0.2) is 24.5 Å². The van der Waals surface area contributed by atoms with Crippen molar-refractivity contribution in [2.75, 3.05) is 6.54 Å². The number of fused-ring (bicyclic) bond motifs is 1. The number of hydrogen-bond donors (Lipinski definition) is 2. The fourth-order valence-electron chi connectivity index (χ4n) is 2.46. The number of carboxylic acids is 1. The van der Waals surface area contributed by atoms with Gasteiger partial charge in [-0.3, -0.25) is 9.59 Å². The molecule has 0 saturated carbocycles. The first-order chi connectivity index (χ1) is 10.5. The quantitative estimate of drug-likeness (QED) is 0.810. The van der Waals surface area contributed by atoms with E-state index in [0.29, 0.717) is 23.8 Å². The van der Waals surface area contributed by atoms with Crippen LogP contribution in [0.25, 0.3) is 5.65 Å². The molecular formula is C15H20N4O3. The molecule has 0 radical (unpaired) electrons. The normalized spacial score (nSPS) is 12.5. The molecule has 0 unspecified atom stereocenters. The third kappa shape index (κ3) is 4.03. The molecule has 0 fully saturated rings. The number of amides is 1. The Bertz CT molecular complexity index is 666. The van der Waals surface area contributed by atoms with E-state index in [2.05, 4.69) is 15.4 Å². The minimum atomic E-state index is -0.851. The van der Waals surface area contributed by atoms with Gasteiger partial charge in [-0.25, -0.2) is 9.50 Å². The van der Waals surface area contributed by atoms with Crippen molar-refractivity contribution in [1.82, 2.24) is 19.9 Å². The van der Waals surface area contributed by atoms with E-state index in [1.54, 1.807) is 18.3 Å². The molecule has 1 amide bonds. The number of carboxylic acid groups (broad SMARTS) is 1. The maximum atomic E-state index is 12.2. The van der Waals surface area contributed by atoms with Crippen molar-refractivity contribution in [3.63, 3.8) is 0 Å². The third-order valence-electron chi connectivity index (χ3n) is 3.33. The Labute approximate surface area is 128 Å². The van der Waals surface area contributed by atoms with Gasteiger partial charge in [0.2, 0.25) is 0 Å². The summed E-state index contributed by atoms with van der Waals surface area (Å²) in [5.41, 5.74) is 0.936. The minimum absolute atomic E-state index is 0.0455. The zero-order valence-electron chi connectivity index (χ0n) is 12.7. The molecule has 2 rings (SSSR count). The second kappa shape index (κ2) is 7.02. The number of aliphatic carboxylic acids is 1. The number of aromatic nitrogens is 3. The molecular weight excluding hydrogens is 284 g/mol. The van der Waals surface area contributed by atoms with E-state index >= 15 is 0 Å². The van der Waals surface area contributed by atoms with Gasteiger partial charge in [0.05, 0.1) is 6.20 Å². The van der Waals surface area contributed by atoms with Crippen molar-refractivity contribution >= 4 is 17.5 Å². The molecule has 22 heavy (non-hydrogen) atoms. The summed E-state index contributed by atoms with van der Waals surface area (Å²) in [5.74, 6) is -0.867. The van der Waals surface area contributed by atoms with Gasteiger partial charge >= 0.3 is 5.97 Å². The molecule has 0 bridgehead atoms. The monoisotopic (exact) mass is 304 g/mol. The molecule has 2 aromatic rings. The van der Waals surface area contributed by atoms with Gasteiger partial charge in [0.15, 0.2) is 5.65 Å². The maximum Gasteiger partial charge on any atom is 0.303 e. The average molecular weight is 304 g/mol. The molecule has 0 spiro atoms. The fraction of sp³-hybridized carbons (Fsp3) is 0.467. The van der Waals surface area contributed by atoms with E-state index in [4.69, 9.17) is 5.11 Å². The molecule has 7 nitrogen and oxygen atoms in total. The van der Waals surface area contributed by atoms with Gasteiger partial charge in [0, 0.05) is 19.2 Å². The zero-order chi connectivity index (χ0) is 16.1. The van der Waals surface area contributed by atoms with E-state index in [0.717, 1.165) is 6.42 Å². The largest absolute Gasteiger partial charge is 0.481 e. The number of nitrogens with zero attached hydrogens (tertiary/aromatic N) is 3. The summed E-state index contributed by atoms with van der Waals surface area (Å²) in [7, 11) is 0. The Balaban J connectivity index is 2.02. The Hall–Kier alpha value is -2.44. The van der Waals surface area contributed by atoms with Crippen molar-refractivity contribution in [3.05, 3.63) is 30.2 Å². The first-order valence-electron chi connectivity index (χ1n) is 7.26. The van der Waals surface area contributed by atoms with E-state index in [1.165, 1.54) is 10.7 Å². The van der Waals surface area contributed by atoms with Gasteiger partial charge in [-0.05, 0) is 30.4 Å². The summed E-state index contributed by atoms with van der Waals surface area (Å²) in [6.45, 7) is 4.39. The molecule has 7 heteroatoms. The zero-order valence-corrected chi connectivity index (χ0v) is 12.7. The first-order valence-corrected chi connectivity index (χ1v) is 7.26. The second-order valence-electron chi connectivity index (χ2n) is 5.74. The minimum Gasteiger partial charge on any atom is -0.481 e. The summed E-state index contributed by atoms with van der Waals surface area (Å²) < 4.78 is 1.46. The van der Waals surface area contributed by atoms with Crippen molar-refractivity contribution in [2.24, 2.45) is 11.8 Å². The highest BCUT2D eigenvalue weighted by Crippen LogP contribution is 2.15. The van der Waals surface area contributed by atoms with Crippen molar-refractivity contribution in [1.29, 1.82) is 0 Å². The second-order valence-corrected chi connectivity index (χ2v) is 5.74. The molecule has 1 atom stereocenters. The van der Waals surface area contributed by atoms with Crippen LogP contribution in [0.1, 0.15) is 37.2 Å². The Morgan fingerprint density at radius 3 is 2.86 bits per heavy atom. The number of carbonyl (C=O) groups excluding carboxylic acids is 1. The molecule has 2 N–H and O–H groups in total. The van der Waals surface area contributed by atoms with E-state index in [1.807, 2.05) is 13.8 Å². The first kappa shape index (κ1) is 15.9. The van der Waals surface area contributed by atoms with Crippen LogP contribution in [0, 0.1) is 11.8 Å². The summed E-state index contributed by atoms with van der Waals surface area (Å²) in [4.78, 5) is 27.2. The SMILES string of the molecule is CC(C)C[C@H](CNC(=O)c1cnc2cccnn12)CC(=O)O. The molecule has 0 aromatic carbocycles. The molecule has 2 heterocycles. The Kier molecular flexibility index (Phi) is 5.08. The topological polar surface area (TPSA) is 96.6 Å². The fourth-order valence-corrected chi connectivity index (χ4v) is 2.46. The highest BCUT2D eigenvalue weighted by Gasteiger charge is 2.18. The van der Waals surface area contributed by atoms with Gasteiger partial charge in [0.25, 0.3) is 5.91 Å². The lowest BCUT2D eigenvalue weighted by atomic mass is 9.94. The van der Waals surface area contributed by atoms with E-state index in [-0.39, 0.29) is 18.2 Å². The molecule has 0 aliphatic heterocycles. The lowest BCUT2D eigenvalue weighted by Gasteiger charge is -2.17. The van der Waals surface area contributed by atoms with E-state index < -0.39 is 5.97 Å². The number of carbonyl (C=O) groups is 2. The van der Waals surface area contributed by atoms with Gasteiger partial charge in [-0.1, -0.05) is 13.8 Å². The van der Waals surface area contributed by atoms with Crippen LogP contribution in [0.4, 0.5) is 0 Å². The highest BCUT2D eigenvalue weighted by molar-refractivity contribution is 5.93. The average Bonchev–Trinajstić information content (AvgIpc) is 2.87. The van der Waals surface area contributed by atoms with Gasteiger partial charge < -0.3 is 10.4 Å². The number of nitrogens with one attached hydrogen (secondary N) is 1. The van der Waals surface area contributed by atoms with Crippen LogP contribution in [0.3, 0.4) is 0 Å². The number of hydrogen-bond acceptors (Lipinski definition) is 4. The van der Waals surface area contributed by atoms with Crippen LogP contribution < -0.4 is 5.32 Å². The Morgan fingerprint density at radius 1 is 1.41 bits per heavy atom. The Morgan fingerprint density at radius 2 is 2.18 bits per heavy atom. The number of rotatable bonds is 7. The summed E-state index contributed by atoms with van der Waals surface area (Å²) in [6.07, 6.45) is 3.84. The van der Waals surface area contributed by atoms with Crippen molar-refractivity contribution < 1.29 is 14.7 Å². The van der Waals surface area contributed by atoms with E-state index in [9.17, 15) is 9.59 Å². The lowest BCUT2D eigenvalue weighted by Crippen LogP contribution is -2.32. The molecule has 2 aromatic heterocycles. The summed E-state index contributed by atoms with van der Waals surface area (Å²) in [5, 5.41) is 15.8. The van der Waals surface area contributed by atoms with Crippen LogP contribution in [-0.4, -0.2) is 38.1 Å². The van der Waals surface area contributed by atoms with Crippen LogP contribution in [0.5, 0.6) is 0 Å². The molecule has 118 valence electrons. The van der Waals surface area contributed by atoms with Crippen LogP contribution in [0.2, 0.25) is 0 Å². The van der Waals surface area contributed by atoms with Gasteiger partial charge in [0.1, 0.15) is 5.69 Å². The predicted molar refractivity (Wildman–Crippen MR) is 80.5 cm³/mol. The van der Waals surface area contributed by atoms with Gasteiger partial charge in [-0.2, -0.15) is 5.10 Å². The van der Waals surface area contributed by atoms with Crippen LogP contribution in [-0.2, 0) is 4.79 Å². The molecule has 0 aliphatic rings. The number of imidazole rings is 1. The van der Waals surface area contributed by atoms with Crippen molar-refractivity contribution in [2.45, 2.75) is 26.7 Å². The lowest BCUT2D eigenvalue weighted by molar-refractivity contribution is -0.138. The predicted octanol–water partition coefficient (Wildman–Crippen LogP) is 1.60. The summed E-state index contributed by atoms with van der Waals surface area (Å²) >= 11 is 0. The standard InChI is InChI=1S/C15H20N4O3/c1-10(2)6-11(7-14(20)21)8-17-15(22)12-9-16-13-4-3-5-18-19(12)13/h3-5,9-11H,6-8H2,1-2H3,(H,17,22)(H,20,21)/t11-/m0/s1. The maximum absolute atomic E-state index is 12.2. The highest BCUT2D eigenvalue weighted by atomic mass is 16.4. The third-order valence-corrected chi connectivity index (χ3v) is 3.33. The smallest absolute Gasteiger partial charge is 0.303 e. The molecule has 0 aliphatic carbocycles. The van der Waals surface area contributed by atoms with Crippen LogP contribution >= 0.6 is 0 Å². The van der Waals surface area contributed by atoms with Gasteiger partial charge in [-0.15, -0.1) is 0 Å². The summed E-state index contributed by atoms with van der Waals surface area (Å²) in [6, 6.07) is 3.51. The van der Waals surface area contributed by atoms with Crippen molar-refractivity contribution in [3.8, 4) is 0 Å².